The van der Waals surface area contributed by atoms with Gasteiger partial charge in [-0.25, -0.2) is 4.79 Å². The SMILES string of the molecule is CCCCCN1C(=O)C(=C2C(=O)N(CC(=O)Nc3ccc(C(=O)OCC)cc3)c3ccccc32)SC1=S. The number of nitrogens with zero attached hydrogens (tertiary/aromatic N) is 2. The van der Waals surface area contributed by atoms with E-state index in [4.69, 9.17) is 17.0 Å². The fraction of sp³-hybridized carbons (Fsp3) is 0.296. The lowest BCUT2D eigenvalue weighted by atomic mass is 10.1. The molecule has 0 aliphatic carbocycles. The Morgan fingerprint density at radius 3 is 2.41 bits per heavy atom. The molecule has 0 aromatic heterocycles. The van der Waals surface area contributed by atoms with E-state index >= 15 is 0 Å². The number of carbonyl (C=O) groups is 4. The van der Waals surface area contributed by atoms with Crippen LogP contribution in [0, 0.1) is 0 Å². The van der Waals surface area contributed by atoms with Crippen LogP contribution < -0.4 is 10.2 Å². The zero-order valence-electron chi connectivity index (χ0n) is 20.6. The van der Waals surface area contributed by atoms with Gasteiger partial charge in [0.2, 0.25) is 5.91 Å². The summed E-state index contributed by atoms with van der Waals surface area (Å²) in [6.07, 6.45) is 2.84. The molecule has 4 rings (SSSR count). The van der Waals surface area contributed by atoms with E-state index in [2.05, 4.69) is 12.2 Å². The van der Waals surface area contributed by atoms with E-state index in [9.17, 15) is 19.2 Å². The Labute approximate surface area is 225 Å². The largest absolute Gasteiger partial charge is 0.462 e. The number of nitrogens with one attached hydrogen (secondary N) is 1. The van der Waals surface area contributed by atoms with Crippen molar-refractivity contribution in [3.05, 3.63) is 64.6 Å². The van der Waals surface area contributed by atoms with Crippen molar-refractivity contribution >= 4 is 68.9 Å². The molecule has 1 N–H and O–H groups in total. The minimum Gasteiger partial charge on any atom is -0.462 e. The first-order valence-electron chi connectivity index (χ1n) is 12.1. The molecule has 1 fully saturated rings. The maximum atomic E-state index is 13.5. The van der Waals surface area contributed by atoms with Crippen molar-refractivity contribution in [3.63, 3.8) is 0 Å². The number of thiocarbonyl (C=S) groups is 1. The maximum absolute atomic E-state index is 13.5. The van der Waals surface area contributed by atoms with Gasteiger partial charge in [0.15, 0.2) is 0 Å². The highest BCUT2D eigenvalue weighted by molar-refractivity contribution is 8.26. The molecule has 10 heteroatoms. The van der Waals surface area contributed by atoms with Gasteiger partial charge in [-0.15, -0.1) is 0 Å². The number of fused-ring (bicyclic) bond motifs is 1. The molecule has 3 amide bonds. The van der Waals surface area contributed by atoms with Gasteiger partial charge in [0, 0.05) is 17.8 Å². The Morgan fingerprint density at radius 2 is 1.70 bits per heavy atom. The average Bonchev–Trinajstić information content (AvgIpc) is 3.31. The van der Waals surface area contributed by atoms with Crippen molar-refractivity contribution in [2.45, 2.75) is 33.1 Å². The number of ether oxygens (including phenoxy) is 1. The molecule has 0 radical (unpaired) electrons. The van der Waals surface area contributed by atoms with E-state index in [0.717, 1.165) is 31.0 Å². The second-order valence-electron chi connectivity index (χ2n) is 8.49. The van der Waals surface area contributed by atoms with Crippen molar-refractivity contribution in [1.29, 1.82) is 0 Å². The number of hydrogen-bond donors (Lipinski definition) is 1. The number of esters is 1. The molecule has 37 heavy (non-hydrogen) atoms. The van der Waals surface area contributed by atoms with Crippen LogP contribution in [-0.4, -0.2) is 52.6 Å². The van der Waals surface area contributed by atoms with E-state index < -0.39 is 17.8 Å². The summed E-state index contributed by atoms with van der Waals surface area (Å²) < 4.78 is 5.41. The molecule has 0 unspecified atom stereocenters. The van der Waals surface area contributed by atoms with Gasteiger partial charge in [-0.05, 0) is 43.7 Å². The van der Waals surface area contributed by atoms with Gasteiger partial charge in [0.25, 0.3) is 11.8 Å². The van der Waals surface area contributed by atoms with Crippen LogP contribution in [0.2, 0.25) is 0 Å². The van der Waals surface area contributed by atoms with Crippen LogP contribution in [0.15, 0.2) is 53.4 Å². The normalized spacial score (nSPS) is 16.9. The summed E-state index contributed by atoms with van der Waals surface area (Å²) in [6.45, 7) is 4.37. The second-order valence-corrected chi connectivity index (χ2v) is 10.1. The highest BCUT2D eigenvalue weighted by Crippen LogP contribution is 2.44. The van der Waals surface area contributed by atoms with Gasteiger partial charge >= 0.3 is 5.97 Å². The molecule has 0 atom stereocenters. The van der Waals surface area contributed by atoms with E-state index in [1.807, 2.05) is 0 Å². The minimum atomic E-state index is -0.442. The molecular weight excluding hydrogens is 510 g/mol. The van der Waals surface area contributed by atoms with E-state index in [-0.39, 0.29) is 24.6 Å². The molecule has 2 heterocycles. The summed E-state index contributed by atoms with van der Waals surface area (Å²) in [6, 6.07) is 13.4. The third-order valence-corrected chi connectivity index (χ3v) is 7.41. The van der Waals surface area contributed by atoms with E-state index in [1.165, 1.54) is 4.90 Å². The Kier molecular flexibility index (Phi) is 8.40. The number of hydrogen-bond acceptors (Lipinski definition) is 7. The van der Waals surface area contributed by atoms with Crippen molar-refractivity contribution in [2.24, 2.45) is 0 Å². The Bertz CT molecular complexity index is 1290. The molecule has 192 valence electrons. The van der Waals surface area contributed by atoms with E-state index in [0.29, 0.717) is 38.3 Å². The van der Waals surface area contributed by atoms with Crippen LogP contribution in [-0.2, 0) is 19.1 Å². The van der Waals surface area contributed by atoms with Gasteiger partial charge in [0.05, 0.1) is 28.3 Å². The first-order valence-corrected chi connectivity index (χ1v) is 13.3. The minimum absolute atomic E-state index is 0.240. The quantitative estimate of drug-likeness (QED) is 0.216. The molecule has 2 aromatic carbocycles. The number of unbranched alkanes of at least 4 members (excludes halogenated alkanes) is 2. The average molecular weight is 538 g/mol. The number of amides is 3. The van der Waals surface area contributed by atoms with E-state index in [1.54, 1.807) is 60.4 Å². The number of thioether (sulfide) groups is 1. The van der Waals surface area contributed by atoms with Crippen LogP contribution >= 0.6 is 24.0 Å². The number of rotatable bonds is 9. The Morgan fingerprint density at radius 1 is 0.973 bits per heavy atom. The van der Waals surface area contributed by atoms with Crippen LogP contribution in [0.1, 0.15) is 49.0 Å². The first kappa shape index (κ1) is 26.6. The Hall–Kier alpha value is -3.50. The number of carbonyl (C=O) groups excluding carboxylic acids is 4. The van der Waals surface area contributed by atoms with Gasteiger partial charge in [-0.1, -0.05) is 61.9 Å². The topological polar surface area (TPSA) is 96.0 Å². The van der Waals surface area contributed by atoms with Crippen LogP contribution in [0.3, 0.4) is 0 Å². The number of benzene rings is 2. The van der Waals surface area contributed by atoms with Crippen molar-refractivity contribution in [1.82, 2.24) is 4.90 Å². The maximum Gasteiger partial charge on any atom is 0.338 e. The summed E-state index contributed by atoms with van der Waals surface area (Å²) in [4.78, 5) is 54.7. The fourth-order valence-electron chi connectivity index (χ4n) is 4.17. The zero-order valence-corrected chi connectivity index (χ0v) is 22.2. The van der Waals surface area contributed by atoms with Crippen molar-refractivity contribution in [3.8, 4) is 0 Å². The predicted molar refractivity (Wildman–Crippen MR) is 148 cm³/mol. The van der Waals surface area contributed by atoms with Crippen LogP contribution in [0.25, 0.3) is 5.57 Å². The zero-order chi connectivity index (χ0) is 26.5. The lowest BCUT2D eigenvalue weighted by molar-refractivity contribution is -0.122. The molecule has 0 spiro atoms. The molecule has 1 saturated heterocycles. The van der Waals surface area contributed by atoms with Crippen LogP contribution in [0.4, 0.5) is 11.4 Å². The third kappa shape index (κ3) is 5.60. The summed E-state index contributed by atoms with van der Waals surface area (Å²) in [5.41, 5.74) is 2.29. The standard InChI is InChI=1S/C27H27N3O5S2/c1-3-5-8-15-29-25(33)23(37-27(29)36)22-19-9-6-7-10-20(19)30(24(22)32)16-21(31)28-18-13-11-17(12-14-18)26(34)35-4-2/h6-7,9-14H,3-5,8,15-16H2,1-2H3,(H,28,31). The smallest absolute Gasteiger partial charge is 0.338 e. The highest BCUT2D eigenvalue weighted by atomic mass is 32.2. The van der Waals surface area contributed by atoms with Crippen LogP contribution in [0.5, 0.6) is 0 Å². The molecule has 2 aliphatic rings. The van der Waals surface area contributed by atoms with Gasteiger partial charge in [0.1, 0.15) is 10.9 Å². The summed E-state index contributed by atoms with van der Waals surface area (Å²) in [7, 11) is 0. The number of anilines is 2. The van der Waals surface area contributed by atoms with Crippen molar-refractivity contribution in [2.75, 3.05) is 29.9 Å². The highest BCUT2D eigenvalue weighted by Gasteiger charge is 2.42. The Balaban J connectivity index is 1.53. The monoisotopic (exact) mass is 537 g/mol. The third-order valence-electron chi connectivity index (χ3n) is 5.97. The first-order chi connectivity index (χ1) is 17.8. The molecule has 2 aromatic rings. The molecular formula is C27H27N3O5S2. The lowest BCUT2D eigenvalue weighted by Crippen LogP contribution is -2.35. The fourth-order valence-corrected chi connectivity index (χ4v) is 5.55. The number of para-hydroxylation sites is 1. The van der Waals surface area contributed by atoms with Gasteiger partial charge in [-0.2, -0.15) is 0 Å². The molecule has 0 bridgehead atoms. The predicted octanol–water partition coefficient (Wildman–Crippen LogP) is 4.61. The summed E-state index contributed by atoms with van der Waals surface area (Å²) in [5.74, 6) is -1.54. The second kappa shape index (κ2) is 11.7. The molecule has 0 saturated carbocycles. The summed E-state index contributed by atoms with van der Waals surface area (Å²) >= 11 is 6.58. The summed E-state index contributed by atoms with van der Waals surface area (Å²) in [5, 5.41) is 2.75. The molecule has 2 aliphatic heterocycles. The van der Waals surface area contributed by atoms with Gasteiger partial charge < -0.3 is 10.1 Å². The van der Waals surface area contributed by atoms with Crippen molar-refractivity contribution < 1.29 is 23.9 Å². The van der Waals surface area contributed by atoms with Gasteiger partial charge in [-0.3, -0.25) is 24.2 Å². The molecule has 8 nitrogen and oxygen atoms in total. The lowest BCUT2D eigenvalue weighted by Gasteiger charge is -2.17.